The number of ether oxygens (including phenoxy) is 2. The largest absolute Gasteiger partial charge is 0.497 e. The Morgan fingerprint density at radius 1 is 1.08 bits per heavy atom. The van der Waals surface area contributed by atoms with Gasteiger partial charge in [0, 0.05) is 38.4 Å². The molecule has 216 valence electrons. The molecule has 1 aromatic heterocycles. The first-order chi connectivity index (χ1) is 18.1. The van der Waals surface area contributed by atoms with Crippen LogP contribution in [0.25, 0.3) is 0 Å². The summed E-state index contributed by atoms with van der Waals surface area (Å²) in [5.74, 6) is -3.93. The molecule has 3 N–H and O–H groups in total. The van der Waals surface area contributed by atoms with Crippen LogP contribution in [-0.4, -0.2) is 87.8 Å². The zero-order chi connectivity index (χ0) is 29.3. The fraction of sp³-hybridized carbons (Fsp3) is 0.478. The first kappa shape index (κ1) is 31.6. The number of nitrogens with zero attached hydrogens (tertiary/aromatic N) is 3. The van der Waals surface area contributed by atoms with Gasteiger partial charge in [-0.1, -0.05) is 12.1 Å². The van der Waals surface area contributed by atoms with Crippen LogP contribution in [0.1, 0.15) is 18.4 Å². The molecular formula is C23H26F6N4O6. The van der Waals surface area contributed by atoms with Crippen LogP contribution >= 0.6 is 0 Å². The summed E-state index contributed by atoms with van der Waals surface area (Å²) in [7, 11) is 1.70. The number of alkyl halides is 6. The molecule has 3 heterocycles. The van der Waals surface area contributed by atoms with Crippen molar-refractivity contribution in [3.05, 3.63) is 48.3 Å². The minimum absolute atomic E-state index is 0.0289. The number of carboxylic acid groups (broad SMARTS) is 2. The molecule has 1 spiro atoms. The molecule has 16 heteroatoms. The van der Waals surface area contributed by atoms with E-state index in [1.807, 2.05) is 18.2 Å². The fourth-order valence-corrected chi connectivity index (χ4v) is 3.83. The molecule has 2 unspecified atom stereocenters. The lowest BCUT2D eigenvalue weighted by molar-refractivity contribution is -0.193. The number of benzene rings is 1. The second-order valence-electron chi connectivity index (χ2n) is 8.53. The molecule has 4 rings (SSSR count). The van der Waals surface area contributed by atoms with Crippen molar-refractivity contribution >= 4 is 17.9 Å². The summed E-state index contributed by atoms with van der Waals surface area (Å²) in [6.45, 7) is 3.72. The standard InChI is InChI=1S/C19H24N4O2.2C2HF3O2/c1-24-17-5-3-15(4-6-17)12-23-10-7-19(14-23)11-16(13-25-19)22-18-20-8-2-9-21-18;2*3-2(4,5)1(6)7/h2-6,8-9,16H,7,10-14H2,1H3,(H,20,21,22);2*(H,6,7). The summed E-state index contributed by atoms with van der Waals surface area (Å²) >= 11 is 0. The monoisotopic (exact) mass is 568 g/mol. The topological polar surface area (TPSA) is 134 Å². The third-order valence-corrected chi connectivity index (χ3v) is 5.55. The first-order valence-electron chi connectivity index (χ1n) is 11.3. The number of hydrogen-bond acceptors (Lipinski definition) is 8. The quantitative estimate of drug-likeness (QED) is 0.460. The van der Waals surface area contributed by atoms with Crippen LogP contribution in [0.3, 0.4) is 0 Å². The van der Waals surface area contributed by atoms with Gasteiger partial charge in [-0.05, 0) is 30.2 Å². The normalized spacial score (nSPS) is 20.8. The number of methoxy groups -OCH3 is 1. The molecule has 0 bridgehead atoms. The molecule has 0 saturated carbocycles. The van der Waals surface area contributed by atoms with Gasteiger partial charge in [0.1, 0.15) is 5.75 Å². The molecule has 2 aliphatic rings. The highest BCUT2D eigenvalue weighted by Crippen LogP contribution is 2.36. The van der Waals surface area contributed by atoms with E-state index in [1.165, 1.54) is 5.56 Å². The van der Waals surface area contributed by atoms with E-state index in [2.05, 4.69) is 32.3 Å². The fourth-order valence-electron chi connectivity index (χ4n) is 3.83. The Kier molecular flexibility index (Phi) is 10.9. The molecule has 2 fully saturated rings. The molecule has 10 nitrogen and oxygen atoms in total. The average molecular weight is 568 g/mol. The van der Waals surface area contributed by atoms with Crippen molar-refractivity contribution in [3.8, 4) is 5.75 Å². The maximum Gasteiger partial charge on any atom is 0.490 e. The smallest absolute Gasteiger partial charge is 0.490 e. The summed E-state index contributed by atoms with van der Waals surface area (Å²) < 4.78 is 74.9. The van der Waals surface area contributed by atoms with Crippen LogP contribution in [0.4, 0.5) is 32.3 Å². The number of anilines is 1. The van der Waals surface area contributed by atoms with E-state index in [0.717, 1.165) is 38.2 Å². The van der Waals surface area contributed by atoms with E-state index >= 15 is 0 Å². The molecule has 39 heavy (non-hydrogen) atoms. The molecule has 2 atom stereocenters. The Labute approximate surface area is 218 Å². The van der Waals surface area contributed by atoms with Crippen molar-refractivity contribution < 1.29 is 55.6 Å². The van der Waals surface area contributed by atoms with Crippen molar-refractivity contribution in [3.63, 3.8) is 0 Å². The molecule has 0 radical (unpaired) electrons. The summed E-state index contributed by atoms with van der Waals surface area (Å²) in [6, 6.07) is 10.4. The second kappa shape index (κ2) is 13.4. The zero-order valence-electron chi connectivity index (χ0n) is 20.5. The van der Waals surface area contributed by atoms with Gasteiger partial charge < -0.3 is 25.0 Å². The molecular weight excluding hydrogens is 542 g/mol. The molecule has 2 aromatic rings. The van der Waals surface area contributed by atoms with Crippen molar-refractivity contribution in [2.45, 2.75) is 43.4 Å². The van der Waals surface area contributed by atoms with Gasteiger partial charge in [-0.15, -0.1) is 0 Å². The van der Waals surface area contributed by atoms with Crippen LogP contribution in [0, 0.1) is 0 Å². The van der Waals surface area contributed by atoms with Crippen molar-refractivity contribution in [1.82, 2.24) is 14.9 Å². The zero-order valence-corrected chi connectivity index (χ0v) is 20.5. The highest BCUT2D eigenvalue weighted by molar-refractivity contribution is 5.73. The number of carboxylic acids is 2. The number of hydrogen-bond donors (Lipinski definition) is 3. The van der Waals surface area contributed by atoms with Crippen molar-refractivity contribution in [2.75, 3.05) is 32.1 Å². The average Bonchev–Trinajstić information content (AvgIpc) is 3.45. The Morgan fingerprint density at radius 2 is 1.62 bits per heavy atom. The van der Waals surface area contributed by atoms with Crippen LogP contribution in [0.15, 0.2) is 42.7 Å². The van der Waals surface area contributed by atoms with Gasteiger partial charge >= 0.3 is 24.3 Å². The van der Waals surface area contributed by atoms with E-state index < -0.39 is 24.3 Å². The first-order valence-corrected chi connectivity index (χ1v) is 11.3. The summed E-state index contributed by atoms with van der Waals surface area (Å²) in [4.78, 5) is 28.8. The van der Waals surface area contributed by atoms with Crippen molar-refractivity contribution in [2.24, 2.45) is 0 Å². The minimum atomic E-state index is -5.08. The lowest BCUT2D eigenvalue weighted by Gasteiger charge is -2.23. The number of rotatable bonds is 5. The Balaban J connectivity index is 0.000000317. The summed E-state index contributed by atoms with van der Waals surface area (Å²) in [5.41, 5.74) is 1.28. The predicted octanol–water partition coefficient (Wildman–Crippen LogP) is 3.60. The number of carbonyl (C=O) groups is 2. The van der Waals surface area contributed by atoms with E-state index in [-0.39, 0.29) is 11.6 Å². The van der Waals surface area contributed by atoms with Crippen molar-refractivity contribution in [1.29, 1.82) is 0 Å². The number of aromatic nitrogens is 2. The minimum Gasteiger partial charge on any atom is -0.497 e. The van der Waals surface area contributed by atoms with Gasteiger partial charge in [-0.2, -0.15) is 26.3 Å². The van der Waals surface area contributed by atoms with Gasteiger partial charge in [-0.25, -0.2) is 19.6 Å². The summed E-state index contributed by atoms with van der Waals surface area (Å²) in [6.07, 6.45) is -4.57. The second-order valence-corrected chi connectivity index (χ2v) is 8.53. The van der Waals surface area contributed by atoms with Gasteiger partial charge in [0.25, 0.3) is 0 Å². The molecule has 0 aliphatic carbocycles. The molecule has 2 aliphatic heterocycles. The maximum absolute atomic E-state index is 10.6. The van der Waals surface area contributed by atoms with Crippen LogP contribution in [-0.2, 0) is 20.9 Å². The van der Waals surface area contributed by atoms with Crippen LogP contribution < -0.4 is 10.1 Å². The maximum atomic E-state index is 10.6. The highest BCUT2D eigenvalue weighted by atomic mass is 19.4. The van der Waals surface area contributed by atoms with E-state index in [4.69, 9.17) is 29.3 Å². The summed E-state index contributed by atoms with van der Waals surface area (Å²) in [5, 5.41) is 17.6. The lowest BCUT2D eigenvalue weighted by Crippen LogP contribution is -2.33. The van der Waals surface area contributed by atoms with E-state index in [1.54, 1.807) is 19.5 Å². The Hall–Kier alpha value is -3.66. The number of aliphatic carboxylic acids is 2. The number of halogens is 6. The Morgan fingerprint density at radius 3 is 2.10 bits per heavy atom. The molecule has 1 aromatic carbocycles. The van der Waals surface area contributed by atoms with E-state index in [9.17, 15) is 26.3 Å². The third-order valence-electron chi connectivity index (χ3n) is 5.55. The van der Waals surface area contributed by atoms with E-state index in [0.29, 0.717) is 12.6 Å². The van der Waals surface area contributed by atoms with Gasteiger partial charge in [0.15, 0.2) is 0 Å². The Bertz CT molecular complexity index is 1050. The van der Waals surface area contributed by atoms with Crippen LogP contribution in [0.2, 0.25) is 0 Å². The number of likely N-dealkylation sites (tertiary alicyclic amines) is 1. The lowest BCUT2D eigenvalue weighted by atomic mass is 9.97. The number of nitrogens with one attached hydrogen (secondary N) is 1. The predicted molar refractivity (Wildman–Crippen MR) is 123 cm³/mol. The molecule has 0 amide bonds. The van der Waals surface area contributed by atoms with Gasteiger partial charge in [0.2, 0.25) is 5.95 Å². The van der Waals surface area contributed by atoms with Gasteiger partial charge in [-0.3, -0.25) is 4.90 Å². The van der Waals surface area contributed by atoms with Crippen LogP contribution in [0.5, 0.6) is 5.75 Å². The SMILES string of the molecule is COc1ccc(CN2CCC3(CC(Nc4ncccn4)CO3)C2)cc1.O=C(O)C(F)(F)F.O=C(O)C(F)(F)F. The van der Waals surface area contributed by atoms with Gasteiger partial charge in [0.05, 0.1) is 25.4 Å². The molecule has 2 saturated heterocycles. The highest BCUT2D eigenvalue weighted by Gasteiger charge is 2.45. The third kappa shape index (κ3) is 10.6.